The molecule has 0 radical (unpaired) electrons. The standard InChI is InChI=1S/C13H9BrFNOS/c14-11-7-8(13(16)18)1-6-12(11)17-10-4-2-9(15)3-5-10/h1-7H,(H2,16,18). The monoisotopic (exact) mass is 325 g/mol. The third-order valence-electron chi connectivity index (χ3n) is 2.26. The van der Waals surface area contributed by atoms with E-state index in [1.54, 1.807) is 30.3 Å². The number of nitrogens with two attached hydrogens (primary N) is 1. The Morgan fingerprint density at radius 2 is 1.83 bits per heavy atom. The molecule has 92 valence electrons. The molecule has 0 aliphatic carbocycles. The molecule has 5 heteroatoms. The lowest BCUT2D eigenvalue weighted by molar-refractivity contribution is 0.477. The van der Waals surface area contributed by atoms with Crippen LogP contribution >= 0.6 is 28.1 Å². The van der Waals surface area contributed by atoms with Crippen LogP contribution in [0.25, 0.3) is 0 Å². The molecule has 2 nitrogen and oxygen atoms in total. The van der Waals surface area contributed by atoms with Gasteiger partial charge in [0.05, 0.1) is 4.47 Å². The molecule has 0 aromatic heterocycles. The molecule has 0 atom stereocenters. The summed E-state index contributed by atoms with van der Waals surface area (Å²) in [7, 11) is 0. The molecule has 0 amide bonds. The van der Waals surface area contributed by atoms with Crippen molar-refractivity contribution in [2.75, 3.05) is 0 Å². The molecule has 2 N–H and O–H groups in total. The Morgan fingerprint density at radius 1 is 1.17 bits per heavy atom. The first kappa shape index (κ1) is 13.0. The maximum atomic E-state index is 12.8. The first-order valence-electron chi connectivity index (χ1n) is 5.09. The van der Waals surface area contributed by atoms with E-state index in [0.717, 1.165) is 10.0 Å². The molecule has 0 heterocycles. The van der Waals surface area contributed by atoms with Crippen LogP contribution in [-0.4, -0.2) is 4.99 Å². The number of ether oxygens (including phenoxy) is 1. The third-order valence-corrected chi connectivity index (χ3v) is 3.11. The summed E-state index contributed by atoms with van der Waals surface area (Å²) in [4.78, 5) is 0.323. The average Bonchev–Trinajstić information content (AvgIpc) is 2.34. The van der Waals surface area contributed by atoms with Crippen LogP contribution in [0.15, 0.2) is 46.9 Å². The van der Waals surface area contributed by atoms with E-state index in [9.17, 15) is 4.39 Å². The van der Waals surface area contributed by atoms with Gasteiger partial charge >= 0.3 is 0 Å². The fourth-order valence-electron chi connectivity index (χ4n) is 1.37. The Morgan fingerprint density at radius 3 is 2.39 bits per heavy atom. The van der Waals surface area contributed by atoms with Crippen molar-refractivity contribution in [3.63, 3.8) is 0 Å². The Balaban J connectivity index is 2.24. The summed E-state index contributed by atoms with van der Waals surface area (Å²) in [5.41, 5.74) is 6.28. The van der Waals surface area contributed by atoms with Gasteiger partial charge in [0.15, 0.2) is 0 Å². The average molecular weight is 326 g/mol. The minimum atomic E-state index is -0.301. The normalized spacial score (nSPS) is 10.1. The molecule has 0 saturated carbocycles. The maximum absolute atomic E-state index is 12.8. The van der Waals surface area contributed by atoms with Crippen molar-refractivity contribution in [1.29, 1.82) is 0 Å². The summed E-state index contributed by atoms with van der Waals surface area (Å²) in [6.45, 7) is 0. The zero-order valence-corrected chi connectivity index (χ0v) is 11.6. The van der Waals surface area contributed by atoms with E-state index in [1.165, 1.54) is 12.1 Å². The van der Waals surface area contributed by atoms with Gasteiger partial charge in [0.1, 0.15) is 22.3 Å². The van der Waals surface area contributed by atoms with Gasteiger partial charge in [-0.2, -0.15) is 0 Å². The molecule has 2 aromatic carbocycles. The van der Waals surface area contributed by atoms with Crippen molar-refractivity contribution < 1.29 is 9.13 Å². The van der Waals surface area contributed by atoms with Gasteiger partial charge in [-0.05, 0) is 58.4 Å². The second-order valence-electron chi connectivity index (χ2n) is 3.57. The molecule has 0 aliphatic heterocycles. The molecule has 0 bridgehead atoms. The van der Waals surface area contributed by atoms with Crippen molar-refractivity contribution in [1.82, 2.24) is 0 Å². The predicted octanol–water partition coefficient (Wildman–Crippen LogP) is 4.01. The smallest absolute Gasteiger partial charge is 0.141 e. The SMILES string of the molecule is NC(=S)c1ccc(Oc2ccc(F)cc2)c(Br)c1. The van der Waals surface area contributed by atoms with E-state index in [2.05, 4.69) is 15.9 Å². The van der Waals surface area contributed by atoms with E-state index in [1.807, 2.05) is 0 Å². The van der Waals surface area contributed by atoms with Gasteiger partial charge in [-0.25, -0.2) is 4.39 Å². The van der Waals surface area contributed by atoms with Crippen LogP contribution < -0.4 is 10.5 Å². The Kier molecular flexibility index (Phi) is 3.93. The zero-order valence-electron chi connectivity index (χ0n) is 9.19. The first-order chi connectivity index (χ1) is 8.56. The number of hydrogen-bond donors (Lipinski definition) is 1. The lowest BCUT2D eigenvalue weighted by Gasteiger charge is -2.09. The lowest BCUT2D eigenvalue weighted by Crippen LogP contribution is -2.08. The molecule has 2 aromatic rings. The van der Waals surface area contributed by atoms with Gasteiger partial charge in [-0.1, -0.05) is 12.2 Å². The number of rotatable bonds is 3. The number of benzene rings is 2. The Labute approximate surface area is 118 Å². The van der Waals surface area contributed by atoms with Crippen molar-refractivity contribution in [3.05, 3.63) is 58.3 Å². The van der Waals surface area contributed by atoms with Crippen LogP contribution in [-0.2, 0) is 0 Å². The van der Waals surface area contributed by atoms with Gasteiger partial charge in [0, 0.05) is 5.56 Å². The molecule has 0 saturated heterocycles. The third kappa shape index (κ3) is 3.05. The van der Waals surface area contributed by atoms with Gasteiger partial charge in [0.25, 0.3) is 0 Å². The summed E-state index contributed by atoms with van der Waals surface area (Å²) in [6.07, 6.45) is 0. The second kappa shape index (κ2) is 5.46. The molecule has 18 heavy (non-hydrogen) atoms. The summed E-state index contributed by atoms with van der Waals surface area (Å²) < 4.78 is 19.1. The lowest BCUT2D eigenvalue weighted by atomic mass is 10.2. The maximum Gasteiger partial charge on any atom is 0.141 e. The van der Waals surface area contributed by atoms with E-state index < -0.39 is 0 Å². The van der Waals surface area contributed by atoms with Crippen LogP contribution in [0.3, 0.4) is 0 Å². The fraction of sp³-hybridized carbons (Fsp3) is 0. The van der Waals surface area contributed by atoms with Crippen molar-refractivity contribution >= 4 is 33.1 Å². The van der Waals surface area contributed by atoms with Crippen molar-refractivity contribution in [3.8, 4) is 11.5 Å². The van der Waals surface area contributed by atoms with Gasteiger partial charge in [-0.15, -0.1) is 0 Å². The quantitative estimate of drug-likeness (QED) is 0.866. The Hall–Kier alpha value is -1.46. The highest BCUT2D eigenvalue weighted by molar-refractivity contribution is 9.10. The number of hydrogen-bond acceptors (Lipinski definition) is 2. The fourth-order valence-corrected chi connectivity index (χ4v) is 1.95. The second-order valence-corrected chi connectivity index (χ2v) is 4.86. The van der Waals surface area contributed by atoms with E-state index in [4.69, 9.17) is 22.7 Å². The summed E-state index contributed by atoms with van der Waals surface area (Å²) in [6, 6.07) is 11.1. The molecule has 0 fully saturated rings. The van der Waals surface area contributed by atoms with Gasteiger partial charge in [-0.3, -0.25) is 0 Å². The van der Waals surface area contributed by atoms with E-state index in [0.29, 0.717) is 16.5 Å². The van der Waals surface area contributed by atoms with Crippen molar-refractivity contribution in [2.45, 2.75) is 0 Å². The minimum absolute atomic E-state index is 0.301. The highest BCUT2D eigenvalue weighted by atomic mass is 79.9. The summed E-state index contributed by atoms with van der Waals surface area (Å²) in [5, 5.41) is 0. The summed E-state index contributed by atoms with van der Waals surface area (Å²) in [5.74, 6) is 0.868. The largest absolute Gasteiger partial charge is 0.456 e. The van der Waals surface area contributed by atoms with Crippen LogP contribution in [0.1, 0.15) is 5.56 Å². The Bertz CT molecular complexity index is 586. The highest BCUT2D eigenvalue weighted by Crippen LogP contribution is 2.30. The van der Waals surface area contributed by atoms with Crippen molar-refractivity contribution in [2.24, 2.45) is 5.73 Å². The molecule has 2 rings (SSSR count). The van der Waals surface area contributed by atoms with Crippen LogP contribution in [0.4, 0.5) is 4.39 Å². The molecule has 0 unspecified atom stereocenters. The number of thiocarbonyl (C=S) groups is 1. The highest BCUT2D eigenvalue weighted by Gasteiger charge is 2.05. The first-order valence-corrected chi connectivity index (χ1v) is 6.29. The van der Waals surface area contributed by atoms with E-state index >= 15 is 0 Å². The van der Waals surface area contributed by atoms with E-state index in [-0.39, 0.29) is 5.82 Å². The topological polar surface area (TPSA) is 35.2 Å². The minimum Gasteiger partial charge on any atom is -0.456 e. The molecule has 0 spiro atoms. The van der Waals surface area contributed by atoms with Crippen LogP contribution in [0.5, 0.6) is 11.5 Å². The zero-order chi connectivity index (χ0) is 13.1. The van der Waals surface area contributed by atoms with Crippen LogP contribution in [0.2, 0.25) is 0 Å². The van der Waals surface area contributed by atoms with Gasteiger partial charge in [0.2, 0.25) is 0 Å². The molecular formula is C13H9BrFNOS. The van der Waals surface area contributed by atoms with Gasteiger partial charge < -0.3 is 10.5 Å². The molecular weight excluding hydrogens is 317 g/mol. The van der Waals surface area contributed by atoms with Crippen LogP contribution in [0, 0.1) is 5.82 Å². The summed E-state index contributed by atoms with van der Waals surface area (Å²) >= 11 is 8.26. The predicted molar refractivity (Wildman–Crippen MR) is 76.5 cm³/mol. The number of halogens is 2. The molecule has 0 aliphatic rings.